The second-order valence-corrected chi connectivity index (χ2v) is 8.63. The Kier molecular flexibility index (Phi) is 6.51. The highest BCUT2D eigenvalue weighted by Gasteiger charge is 2.19. The summed E-state index contributed by atoms with van der Waals surface area (Å²) in [5.41, 5.74) is 1.23. The molecule has 1 aliphatic carbocycles. The summed E-state index contributed by atoms with van der Waals surface area (Å²) in [5.74, 6) is -1.11. The normalized spacial score (nSPS) is 15.2. The first kappa shape index (κ1) is 23.7. The van der Waals surface area contributed by atoms with Gasteiger partial charge in [0.05, 0.1) is 6.33 Å². The number of benzene rings is 1. The van der Waals surface area contributed by atoms with Crippen molar-refractivity contribution in [2.75, 3.05) is 5.32 Å². The molecule has 0 saturated carbocycles. The van der Waals surface area contributed by atoms with E-state index in [0.29, 0.717) is 46.7 Å². The predicted octanol–water partition coefficient (Wildman–Crippen LogP) is 5.52. The number of ether oxygens (including phenoxy) is 1. The van der Waals surface area contributed by atoms with Gasteiger partial charge in [0.25, 0.3) is 0 Å². The van der Waals surface area contributed by atoms with Gasteiger partial charge in [0.15, 0.2) is 11.2 Å². The number of imidazole rings is 1. The maximum atomic E-state index is 13.3. The molecule has 0 aliphatic heterocycles. The standard InChI is InChI=1S/C25H21ClF2N6O2/c1-2-33-14-29-23-22(33)24(35)32-25(34(23)13-15-3-5-16(26)6-4-15)30-17-7-9-18(10-8-17)36-19-11-20(27)31-21(28)12-19/h3,5-12,14-15H,2,4,13H2,1H3,(H,30,32,35). The molecule has 5 rings (SSSR count). The van der Waals surface area contributed by atoms with E-state index >= 15 is 0 Å². The van der Waals surface area contributed by atoms with Crippen molar-refractivity contribution in [1.82, 2.24) is 24.1 Å². The monoisotopic (exact) mass is 510 g/mol. The Labute approximate surface area is 209 Å². The number of hydrogen-bond acceptors (Lipinski definition) is 6. The van der Waals surface area contributed by atoms with E-state index in [9.17, 15) is 13.6 Å². The third-order valence-electron chi connectivity index (χ3n) is 5.72. The third kappa shape index (κ3) is 4.99. The van der Waals surface area contributed by atoms with Crippen LogP contribution in [0.3, 0.4) is 0 Å². The minimum Gasteiger partial charge on any atom is -0.457 e. The second kappa shape index (κ2) is 9.90. The molecule has 1 unspecified atom stereocenters. The lowest BCUT2D eigenvalue weighted by Gasteiger charge is -2.20. The summed E-state index contributed by atoms with van der Waals surface area (Å²) in [6.07, 6.45) is 8.23. The smallest absolute Gasteiger partial charge is 0.300 e. The number of nitrogens with one attached hydrogen (secondary N) is 1. The fourth-order valence-electron chi connectivity index (χ4n) is 3.99. The average molecular weight is 511 g/mol. The van der Waals surface area contributed by atoms with E-state index in [2.05, 4.69) is 20.3 Å². The van der Waals surface area contributed by atoms with E-state index in [0.717, 1.165) is 18.6 Å². The molecule has 0 saturated heterocycles. The van der Waals surface area contributed by atoms with Crippen LogP contribution in [0.5, 0.6) is 11.5 Å². The summed E-state index contributed by atoms with van der Waals surface area (Å²) in [4.78, 5) is 24.7. The van der Waals surface area contributed by atoms with Gasteiger partial charge in [-0.2, -0.15) is 18.7 Å². The molecule has 3 aromatic heterocycles. The first-order chi connectivity index (χ1) is 17.4. The van der Waals surface area contributed by atoms with E-state index in [-0.39, 0.29) is 17.2 Å². The third-order valence-corrected chi connectivity index (χ3v) is 6.00. The van der Waals surface area contributed by atoms with Crippen molar-refractivity contribution in [3.8, 4) is 11.5 Å². The van der Waals surface area contributed by atoms with Gasteiger partial charge in [-0.1, -0.05) is 23.8 Å². The molecule has 3 heterocycles. The van der Waals surface area contributed by atoms with Crippen molar-refractivity contribution in [2.24, 2.45) is 5.92 Å². The summed E-state index contributed by atoms with van der Waals surface area (Å²) in [6, 6.07) is 8.65. The zero-order chi connectivity index (χ0) is 25.2. The van der Waals surface area contributed by atoms with E-state index < -0.39 is 11.9 Å². The van der Waals surface area contributed by atoms with E-state index in [4.69, 9.17) is 16.3 Å². The molecule has 1 aliphatic rings. The molecule has 0 bridgehead atoms. The lowest BCUT2D eigenvalue weighted by molar-refractivity contribution is 0.451. The maximum Gasteiger partial charge on any atom is 0.300 e. The molecule has 184 valence electrons. The summed E-state index contributed by atoms with van der Waals surface area (Å²) >= 11 is 6.08. The average Bonchev–Trinajstić information content (AvgIpc) is 3.28. The van der Waals surface area contributed by atoms with Crippen molar-refractivity contribution in [3.05, 3.63) is 88.2 Å². The number of rotatable bonds is 7. The molecule has 1 atom stereocenters. The van der Waals surface area contributed by atoms with Crippen LogP contribution in [-0.2, 0) is 13.1 Å². The maximum absolute atomic E-state index is 13.3. The van der Waals surface area contributed by atoms with Gasteiger partial charge in [-0.15, -0.1) is 0 Å². The summed E-state index contributed by atoms with van der Waals surface area (Å²) < 4.78 is 35.8. The van der Waals surface area contributed by atoms with Crippen LogP contribution >= 0.6 is 11.6 Å². The predicted molar refractivity (Wildman–Crippen MR) is 133 cm³/mol. The van der Waals surface area contributed by atoms with Crippen molar-refractivity contribution in [1.29, 1.82) is 0 Å². The summed E-state index contributed by atoms with van der Waals surface area (Å²) in [7, 11) is 0. The molecule has 0 radical (unpaired) electrons. The number of pyridine rings is 1. The molecule has 1 N–H and O–H groups in total. The lowest BCUT2D eigenvalue weighted by atomic mass is 10.0. The fraction of sp³-hybridized carbons (Fsp3) is 0.200. The number of halogens is 3. The Morgan fingerprint density at radius 3 is 2.56 bits per heavy atom. The van der Waals surface area contributed by atoms with Crippen LogP contribution in [0, 0.1) is 17.8 Å². The fourth-order valence-corrected chi connectivity index (χ4v) is 4.15. The molecule has 36 heavy (non-hydrogen) atoms. The highest BCUT2D eigenvalue weighted by atomic mass is 35.5. The number of nitrogens with zero attached hydrogens (tertiary/aromatic N) is 5. The van der Waals surface area contributed by atoms with Crippen molar-refractivity contribution in [3.63, 3.8) is 0 Å². The van der Waals surface area contributed by atoms with Crippen molar-refractivity contribution < 1.29 is 13.5 Å². The van der Waals surface area contributed by atoms with Crippen LogP contribution in [0.15, 0.2) is 70.8 Å². The van der Waals surface area contributed by atoms with E-state index in [1.54, 1.807) is 35.2 Å². The van der Waals surface area contributed by atoms with Gasteiger partial charge in [-0.05, 0) is 49.6 Å². The van der Waals surface area contributed by atoms with Crippen LogP contribution in [0.2, 0.25) is 0 Å². The minimum absolute atomic E-state index is 0.0112. The number of hydrogen-bond donors (Lipinski definition) is 1. The van der Waals surface area contributed by atoms with Crippen molar-refractivity contribution >= 4 is 34.4 Å². The van der Waals surface area contributed by atoms with Gasteiger partial charge in [-0.3, -0.25) is 9.36 Å². The zero-order valence-electron chi connectivity index (χ0n) is 19.2. The highest BCUT2D eigenvalue weighted by molar-refractivity contribution is 6.31. The van der Waals surface area contributed by atoms with Crippen LogP contribution < -0.4 is 15.6 Å². The minimum atomic E-state index is -0.973. The van der Waals surface area contributed by atoms with Crippen molar-refractivity contribution in [2.45, 2.75) is 26.4 Å². The van der Waals surface area contributed by atoms with Crippen LogP contribution in [-0.4, -0.2) is 24.1 Å². The molecule has 11 heteroatoms. The number of aryl methyl sites for hydroxylation is 1. The van der Waals surface area contributed by atoms with Gasteiger partial charge in [0.2, 0.25) is 17.8 Å². The first-order valence-electron chi connectivity index (χ1n) is 11.3. The molecule has 0 fully saturated rings. The molecular weight excluding hydrogens is 490 g/mol. The molecule has 0 spiro atoms. The SMILES string of the molecule is CCn1cnc2c1c(=O)nc(Nc1ccc(Oc3cc(F)nc(F)c3)cc1)n2CC1C=CC(Cl)=CC1. The lowest BCUT2D eigenvalue weighted by Crippen LogP contribution is -2.22. The molecular formula is C25H21ClF2N6O2. The number of fused-ring (bicyclic) bond motifs is 1. The number of allylic oxidation sites excluding steroid dienone is 4. The first-order valence-corrected chi connectivity index (χ1v) is 11.6. The molecule has 0 amide bonds. The Morgan fingerprint density at radius 1 is 1.14 bits per heavy atom. The Bertz CT molecular complexity index is 1520. The van der Waals surface area contributed by atoms with Crippen LogP contribution in [0.4, 0.5) is 20.4 Å². The topological polar surface area (TPSA) is 86.9 Å². The summed E-state index contributed by atoms with van der Waals surface area (Å²) in [6.45, 7) is 3.06. The quantitative estimate of drug-likeness (QED) is 0.329. The van der Waals surface area contributed by atoms with Gasteiger partial charge in [0.1, 0.15) is 11.5 Å². The van der Waals surface area contributed by atoms with Crippen LogP contribution in [0.1, 0.15) is 13.3 Å². The number of anilines is 2. The van der Waals surface area contributed by atoms with E-state index in [1.165, 1.54) is 0 Å². The number of aromatic nitrogens is 5. The summed E-state index contributed by atoms with van der Waals surface area (Å²) in [5, 5.41) is 3.89. The van der Waals surface area contributed by atoms with Gasteiger partial charge < -0.3 is 14.6 Å². The molecule has 1 aromatic carbocycles. The highest BCUT2D eigenvalue weighted by Crippen LogP contribution is 2.27. The molecule has 8 nitrogen and oxygen atoms in total. The Balaban J connectivity index is 1.44. The van der Waals surface area contributed by atoms with E-state index in [1.807, 2.05) is 29.7 Å². The van der Waals surface area contributed by atoms with Crippen LogP contribution in [0.25, 0.3) is 11.2 Å². The Hall–Kier alpha value is -4.05. The zero-order valence-corrected chi connectivity index (χ0v) is 19.9. The Morgan fingerprint density at radius 2 is 1.89 bits per heavy atom. The molecule has 4 aromatic rings. The van der Waals surface area contributed by atoms with Gasteiger partial charge >= 0.3 is 5.56 Å². The van der Waals surface area contributed by atoms with Gasteiger partial charge in [0, 0.05) is 35.9 Å². The van der Waals surface area contributed by atoms with Gasteiger partial charge in [-0.25, -0.2) is 4.98 Å². The second-order valence-electron chi connectivity index (χ2n) is 8.20. The largest absolute Gasteiger partial charge is 0.457 e.